The number of rotatable bonds is 3. The zero-order valence-corrected chi connectivity index (χ0v) is 15.1. The van der Waals surface area contributed by atoms with Crippen molar-refractivity contribution in [3.8, 4) is 23.0 Å². The van der Waals surface area contributed by atoms with Gasteiger partial charge in [-0.3, -0.25) is 9.78 Å². The first-order valence-electron chi connectivity index (χ1n) is 9.25. The summed E-state index contributed by atoms with van der Waals surface area (Å²) in [7, 11) is 0. The standard InChI is InChI=1S/C20H18N4O4/c25-20(13-6-7-16-17(12-13)27-11-10-26-16)24-9-3-5-15(24)19-22-18(23-28-19)14-4-1-2-8-21-14/h1-2,4,6-8,12,15H,3,5,9-11H2. The van der Waals surface area contributed by atoms with Crippen molar-refractivity contribution in [3.05, 3.63) is 54.0 Å². The molecule has 2 aliphatic rings. The molecule has 5 rings (SSSR count). The lowest BCUT2D eigenvalue weighted by atomic mass is 10.1. The van der Waals surface area contributed by atoms with E-state index in [1.54, 1.807) is 29.3 Å². The normalized spacial score (nSPS) is 18.3. The van der Waals surface area contributed by atoms with E-state index >= 15 is 0 Å². The smallest absolute Gasteiger partial charge is 0.254 e. The summed E-state index contributed by atoms with van der Waals surface area (Å²) in [4.78, 5) is 23.6. The minimum Gasteiger partial charge on any atom is -0.486 e. The van der Waals surface area contributed by atoms with Crippen molar-refractivity contribution in [2.75, 3.05) is 19.8 Å². The second-order valence-electron chi connectivity index (χ2n) is 6.69. The topological polar surface area (TPSA) is 90.6 Å². The molecule has 1 amide bonds. The summed E-state index contributed by atoms with van der Waals surface area (Å²) in [5, 5.41) is 4.03. The zero-order chi connectivity index (χ0) is 18.9. The highest BCUT2D eigenvalue weighted by Crippen LogP contribution is 2.35. The maximum absolute atomic E-state index is 13.1. The van der Waals surface area contributed by atoms with E-state index in [0.29, 0.717) is 54.2 Å². The Morgan fingerprint density at radius 3 is 2.86 bits per heavy atom. The third-order valence-electron chi connectivity index (χ3n) is 4.92. The molecule has 1 saturated heterocycles. The number of hydrogen-bond acceptors (Lipinski definition) is 7. The number of amides is 1. The molecule has 1 fully saturated rings. The highest BCUT2D eigenvalue weighted by Gasteiger charge is 2.35. The summed E-state index contributed by atoms with van der Waals surface area (Å²) < 4.78 is 16.6. The molecule has 2 aromatic heterocycles. The van der Waals surface area contributed by atoms with Gasteiger partial charge in [-0.15, -0.1) is 0 Å². The van der Waals surface area contributed by atoms with Crippen LogP contribution < -0.4 is 9.47 Å². The second kappa shape index (κ2) is 6.95. The first-order valence-corrected chi connectivity index (χ1v) is 9.25. The van der Waals surface area contributed by atoms with E-state index in [0.717, 1.165) is 12.8 Å². The molecular formula is C20H18N4O4. The molecule has 28 heavy (non-hydrogen) atoms. The van der Waals surface area contributed by atoms with Gasteiger partial charge < -0.3 is 18.9 Å². The lowest BCUT2D eigenvalue weighted by Gasteiger charge is -2.23. The molecule has 1 unspecified atom stereocenters. The molecular weight excluding hydrogens is 360 g/mol. The van der Waals surface area contributed by atoms with Crippen LogP contribution in [0.25, 0.3) is 11.5 Å². The minimum atomic E-state index is -0.245. The second-order valence-corrected chi connectivity index (χ2v) is 6.69. The number of pyridine rings is 1. The highest BCUT2D eigenvalue weighted by molar-refractivity contribution is 5.95. The van der Waals surface area contributed by atoms with Crippen LogP contribution in [0.15, 0.2) is 47.1 Å². The Morgan fingerprint density at radius 1 is 1.11 bits per heavy atom. The predicted octanol–water partition coefficient (Wildman–Crippen LogP) is 2.88. The van der Waals surface area contributed by atoms with Crippen LogP contribution in [-0.2, 0) is 0 Å². The van der Waals surface area contributed by atoms with Gasteiger partial charge in [0.05, 0.1) is 0 Å². The van der Waals surface area contributed by atoms with E-state index in [-0.39, 0.29) is 11.9 Å². The molecule has 0 radical (unpaired) electrons. The number of hydrogen-bond donors (Lipinski definition) is 0. The van der Waals surface area contributed by atoms with Crippen molar-refractivity contribution in [1.29, 1.82) is 0 Å². The summed E-state index contributed by atoms with van der Waals surface area (Å²) in [5.41, 5.74) is 1.20. The summed E-state index contributed by atoms with van der Waals surface area (Å²) in [6, 6.07) is 10.5. The molecule has 0 N–H and O–H groups in total. The van der Waals surface area contributed by atoms with Crippen LogP contribution in [0.4, 0.5) is 0 Å². The molecule has 8 heteroatoms. The van der Waals surface area contributed by atoms with Gasteiger partial charge in [-0.05, 0) is 43.2 Å². The molecule has 1 atom stereocenters. The number of fused-ring (bicyclic) bond motifs is 1. The number of ether oxygens (including phenoxy) is 2. The minimum absolute atomic E-state index is 0.0861. The van der Waals surface area contributed by atoms with E-state index in [2.05, 4.69) is 15.1 Å². The van der Waals surface area contributed by atoms with Gasteiger partial charge in [-0.25, -0.2) is 0 Å². The van der Waals surface area contributed by atoms with Crippen LogP contribution in [0.1, 0.15) is 35.1 Å². The average molecular weight is 378 g/mol. The van der Waals surface area contributed by atoms with Crippen LogP contribution in [-0.4, -0.2) is 45.7 Å². The van der Waals surface area contributed by atoms with Crippen LogP contribution >= 0.6 is 0 Å². The molecule has 0 saturated carbocycles. The van der Waals surface area contributed by atoms with Gasteiger partial charge in [0.1, 0.15) is 24.9 Å². The summed E-state index contributed by atoms with van der Waals surface area (Å²) >= 11 is 0. The van der Waals surface area contributed by atoms with Crippen molar-refractivity contribution in [2.45, 2.75) is 18.9 Å². The number of carbonyl (C=O) groups excluding carboxylic acids is 1. The van der Waals surface area contributed by atoms with Crippen LogP contribution in [0, 0.1) is 0 Å². The number of nitrogens with zero attached hydrogens (tertiary/aromatic N) is 4. The Morgan fingerprint density at radius 2 is 2.00 bits per heavy atom. The molecule has 142 valence electrons. The third-order valence-corrected chi connectivity index (χ3v) is 4.92. The van der Waals surface area contributed by atoms with Crippen molar-refractivity contribution < 1.29 is 18.8 Å². The van der Waals surface area contributed by atoms with E-state index in [1.807, 2.05) is 18.2 Å². The Balaban J connectivity index is 1.40. The lowest BCUT2D eigenvalue weighted by Crippen LogP contribution is -2.31. The zero-order valence-electron chi connectivity index (χ0n) is 15.1. The Labute approximate surface area is 161 Å². The number of benzene rings is 1. The number of aromatic nitrogens is 3. The van der Waals surface area contributed by atoms with Crippen molar-refractivity contribution in [2.24, 2.45) is 0 Å². The number of carbonyl (C=O) groups is 1. The van der Waals surface area contributed by atoms with Crippen LogP contribution in [0.5, 0.6) is 11.5 Å². The van der Waals surface area contributed by atoms with E-state index in [9.17, 15) is 4.79 Å². The summed E-state index contributed by atoms with van der Waals surface area (Å²) in [6.45, 7) is 1.64. The fourth-order valence-corrected chi connectivity index (χ4v) is 3.58. The van der Waals surface area contributed by atoms with Gasteiger partial charge in [0.15, 0.2) is 11.5 Å². The maximum atomic E-state index is 13.1. The monoisotopic (exact) mass is 378 g/mol. The van der Waals surface area contributed by atoms with E-state index in [4.69, 9.17) is 14.0 Å². The molecule has 2 aliphatic heterocycles. The quantitative estimate of drug-likeness (QED) is 0.692. The molecule has 1 aromatic carbocycles. The lowest BCUT2D eigenvalue weighted by molar-refractivity contribution is 0.0709. The van der Waals surface area contributed by atoms with Crippen molar-refractivity contribution >= 4 is 5.91 Å². The molecule has 0 bridgehead atoms. The van der Waals surface area contributed by atoms with Gasteiger partial charge in [-0.1, -0.05) is 11.2 Å². The van der Waals surface area contributed by atoms with Crippen LogP contribution in [0.3, 0.4) is 0 Å². The van der Waals surface area contributed by atoms with Crippen LogP contribution in [0.2, 0.25) is 0 Å². The van der Waals surface area contributed by atoms with Gasteiger partial charge in [0.25, 0.3) is 5.91 Å². The largest absolute Gasteiger partial charge is 0.486 e. The van der Waals surface area contributed by atoms with Crippen molar-refractivity contribution in [3.63, 3.8) is 0 Å². The van der Waals surface area contributed by atoms with Gasteiger partial charge in [-0.2, -0.15) is 4.98 Å². The average Bonchev–Trinajstić information content (AvgIpc) is 3.43. The van der Waals surface area contributed by atoms with E-state index < -0.39 is 0 Å². The molecule has 8 nitrogen and oxygen atoms in total. The Hall–Kier alpha value is -3.42. The maximum Gasteiger partial charge on any atom is 0.254 e. The van der Waals surface area contributed by atoms with E-state index in [1.165, 1.54) is 0 Å². The van der Waals surface area contributed by atoms with Gasteiger partial charge in [0.2, 0.25) is 11.7 Å². The van der Waals surface area contributed by atoms with Gasteiger partial charge in [0, 0.05) is 18.3 Å². The SMILES string of the molecule is O=C(c1ccc2c(c1)OCCO2)N1CCCC1c1nc(-c2ccccn2)no1. The van der Waals surface area contributed by atoms with Crippen molar-refractivity contribution in [1.82, 2.24) is 20.0 Å². The summed E-state index contributed by atoms with van der Waals surface area (Å²) in [6.07, 6.45) is 3.33. The number of likely N-dealkylation sites (tertiary alicyclic amines) is 1. The predicted molar refractivity (Wildman–Crippen MR) is 98.0 cm³/mol. The molecule has 0 aliphatic carbocycles. The Bertz CT molecular complexity index is 1000. The fraction of sp³-hybridized carbons (Fsp3) is 0.300. The summed E-state index contributed by atoms with van der Waals surface area (Å²) in [5.74, 6) is 2.04. The van der Waals surface area contributed by atoms with Gasteiger partial charge >= 0.3 is 0 Å². The molecule has 0 spiro atoms. The fourth-order valence-electron chi connectivity index (χ4n) is 3.58. The Kier molecular flexibility index (Phi) is 4.16. The first-order chi connectivity index (χ1) is 13.8. The third kappa shape index (κ3) is 2.96. The molecule has 3 aromatic rings. The molecule has 4 heterocycles. The highest BCUT2D eigenvalue weighted by atomic mass is 16.6. The first kappa shape index (κ1) is 16.7.